The van der Waals surface area contributed by atoms with E-state index in [1.54, 1.807) is 47.2 Å². The first-order valence-corrected chi connectivity index (χ1v) is 31.8. The van der Waals surface area contributed by atoms with Gasteiger partial charge in [-0.15, -0.1) is 11.8 Å². The average molecular weight is 1270 g/mol. The number of nitrogens with zero attached hydrogens (tertiary/aromatic N) is 5. The molecule has 4 aliphatic heterocycles. The molecule has 1 aliphatic carbocycles. The highest BCUT2D eigenvalue weighted by atomic mass is 35.5. The van der Waals surface area contributed by atoms with Gasteiger partial charge < -0.3 is 15.1 Å². The van der Waals surface area contributed by atoms with Gasteiger partial charge in [0.1, 0.15) is 16.8 Å². The summed E-state index contributed by atoms with van der Waals surface area (Å²) in [6.45, 7) is -8.64. The van der Waals surface area contributed by atoms with Crippen molar-refractivity contribution in [2.24, 2.45) is 5.41 Å². The van der Waals surface area contributed by atoms with Crippen molar-refractivity contribution < 1.29 is 69.3 Å². The summed E-state index contributed by atoms with van der Waals surface area (Å²) >= 11 is 7.23. The first-order valence-electron chi connectivity index (χ1n) is 31.5. The second-order valence-corrected chi connectivity index (χ2v) is 27.3. The molecule has 0 bridgehead atoms. The Kier molecular flexibility index (Phi) is 15.6. The van der Waals surface area contributed by atoms with E-state index in [1.165, 1.54) is 23.3 Å². The first kappa shape index (κ1) is 52.5. The molecule has 5 aromatic rings. The van der Waals surface area contributed by atoms with Gasteiger partial charge >= 0.3 is 5.51 Å². The number of sulfone groups is 1. The number of rotatable bonds is 19. The van der Waals surface area contributed by atoms with Crippen LogP contribution in [0.3, 0.4) is 0 Å². The van der Waals surface area contributed by atoms with Crippen molar-refractivity contribution in [3.8, 4) is 0 Å². The third kappa shape index (κ3) is 14.2. The Bertz CT molecular complexity index is 4070. The zero-order valence-corrected chi connectivity index (χ0v) is 49.7. The highest BCUT2D eigenvalue weighted by Gasteiger charge is 2.49. The molecule has 3 N–H and O–H groups in total. The molecular weight excluding hydrogens is 1200 g/mol. The third-order valence-electron chi connectivity index (χ3n) is 15.6. The smallest absolute Gasteiger partial charge is 0.380 e. The molecule has 25 heteroatoms. The molecule has 3 fully saturated rings. The van der Waals surface area contributed by atoms with E-state index in [9.17, 15) is 54.0 Å². The van der Waals surface area contributed by atoms with Crippen LogP contribution in [0.5, 0.6) is 0 Å². The van der Waals surface area contributed by atoms with Crippen LogP contribution in [0, 0.1) is 11.2 Å². The lowest BCUT2D eigenvalue weighted by atomic mass is 9.73. The van der Waals surface area contributed by atoms with E-state index < -0.39 is 150 Å². The number of alkyl halides is 3. The molecule has 5 aromatic carbocycles. The number of halogens is 5. The van der Waals surface area contributed by atoms with Gasteiger partial charge in [-0.1, -0.05) is 61.4 Å². The van der Waals surface area contributed by atoms with Gasteiger partial charge in [0.05, 0.1) is 21.7 Å². The number of amides is 5. The fourth-order valence-electron chi connectivity index (χ4n) is 10.9. The summed E-state index contributed by atoms with van der Waals surface area (Å²) in [7, 11) is -11.6. The number of piperidine rings is 1. The van der Waals surface area contributed by atoms with Crippen LogP contribution in [0.2, 0.25) is 5.02 Å². The van der Waals surface area contributed by atoms with Crippen molar-refractivity contribution in [2.45, 2.75) is 91.2 Å². The summed E-state index contributed by atoms with van der Waals surface area (Å²) in [4.78, 5) is 68.1. The number of carbonyl (C=O) groups excluding carboxylic acids is 5. The molecule has 4 heterocycles. The normalized spacial score (nSPS) is 23.3. The Balaban J connectivity index is 0.850. The molecule has 10 rings (SSSR count). The highest BCUT2D eigenvalue weighted by Crippen LogP contribution is 2.43. The molecular formula is C61H65ClF4N8O9S3. The summed E-state index contributed by atoms with van der Waals surface area (Å²) in [5.74, 6) is -6.63. The lowest BCUT2D eigenvalue weighted by molar-refractivity contribution is -0.136. The molecule has 456 valence electrons. The molecule has 0 radical (unpaired) electrons. The molecule has 2 atom stereocenters. The number of fused-ring (bicyclic) bond motifs is 1. The maximum Gasteiger partial charge on any atom is 0.501 e. The Labute approximate surface area is 517 Å². The molecule has 0 spiro atoms. The predicted octanol–water partition coefficient (Wildman–Crippen LogP) is 8.86. The van der Waals surface area contributed by atoms with E-state index in [4.69, 9.17) is 22.6 Å². The molecule has 1 unspecified atom stereocenters. The minimum Gasteiger partial charge on any atom is -0.380 e. The number of anilines is 2. The largest absolute Gasteiger partial charge is 0.501 e. The topological polar surface area (TPSA) is 206 Å². The number of nitrogens with one attached hydrogen (secondary N) is 3. The number of allylic oxidation sites excluding steroid dienone is 1. The van der Waals surface area contributed by atoms with Gasteiger partial charge in [0, 0.05) is 128 Å². The predicted molar refractivity (Wildman–Crippen MR) is 319 cm³/mol. The molecule has 5 aliphatic rings. The Morgan fingerprint density at radius 1 is 0.814 bits per heavy atom. The minimum atomic E-state index is -6.48. The summed E-state index contributed by atoms with van der Waals surface area (Å²) in [6.07, 6.45) is 1.85. The quantitative estimate of drug-likeness (QED) is 0.0401. The van der Waals surface area contributed by atoms with Crippen LogP contribution in [0.15, 0.2) is 129 Å². The fraction of sp³-hybridized carbons (Fsp3) is 0.393. The fourth-order valence-corrected chi connectivity index (χ4v) is 14.1. The van der Waals surface area contributed by atoms with Crippen molar-refractivity contribution in [3.05, 3.63) is 153 Å². The van der Waals surface area contributed by atoms with Crippen LogP contribution in [-0.2, 0) is 36.0 Å². The van der Waals surface area contributed by atoms with E-state index >= 15 is 4.39 Å². The molecule has 17 nitrogen and oxygen atoms in total. The number of carbonyl (C=O) groups is 5. The Morgan fingerprint density at radius 3 is 2.14 bits per heavy atom. The Morgan fingerprint density at radius 2 is 1.48 bits per heavy atom. The summed E-state index contributed by atoms with van der Waals surface area (Å²) < 4.78 is 189. The van der Waals surface area contributed by atoms with Crippen molar-refractivity contribution in [1.29, 1.82) is 0 Å². The van der Waals surface area contributed by atoms with Crippen molar-refractivity contribution >= 4 is 89.7 Å². The Hall–Kier alpha value is -6.67. The van der Waals surface area contributed by atoms with Gasteiger partial charge in [0.25, 0.3) is 37.6 Å². The average Bonchev–Trinajstić information content (AvgIpc) is 0.785. The minimum absolute atomic E-state index is 0.0443. The van der Waals surface area contributed by atoms with Gasteiger partial charge in [-0.05, 0) is 128 Å². The molecule has 3 saturated heterocycles. The first-order chi connectivity index (χ1) is 43.8. The number of sulfonamides is 1. The standard InChI is InChI=1S/C61H65ClF4N8O9S3/c1-60(2)22-20-48(39-8-12-43(62)13-9-39)42(35-60)37-72-28-30-73(31-29-72)45-14-10-40(11-15-45)56(76)69-86(82,83)47-16-17-52(54(33-47)85(80,81)61(64,65)66)67-44(38-84-46-6-4-3-5-7-46)21-23-70-24-26-71(27-25-70)36-41-32-49-50(34-51(41)63)59(79)74(58(49)78)53-18-19-55(75)68-57(53)77/h3-17,32-34,44,53,67H,18-31,35-38H2,1-2H3,(H,69,76)(H,68,75,77)/t44-,53?/m1/s1/i24D2,25D2,26D2,27D2. The van der Waals surface area contributed by atoms with Gasteiger partial charge in [0.2, 0.25) is 11.8 Å². The van der Waals surface area contributed by atoms with E-state index in [0.717, 1.165) is 74.0 Å². The van der Waals surface area contributed by atoms with Gasteiger partial charge in [-0.2, -0.15) is 13.2 Å². The zero-order chi connectivity index (χ0) is 68.5. The van der Waals surface area contributed by atoms with Crippen LogP contribution in [0.4, 0.5) is 28.9 Å². The lowest BCUT2D eigenvalue weighted by Gasteiger charge is -2.39. The number of hydrogen-bond acceptors (Lipinski definition) is 15. The van der Waals surface area contributed by atoms with Gasteiger partial charge in [-0.25, -0.2) is 25.9 Å². The van der Waals surface area contributed by atoms with Crippen LogP contribution >= 0.6 is 23.4 Å². The summed E-state index contributed by atoms with van der Waals surface area (Å²) in [5, 5.41) is 5.33. The van der Waals surface area contributed by atoms with Crippen molar-refractivity contribution in [3.63, 3.8) is 0 Å². The monoisotopic (exact) mass is 1270 g/mol. The maximum absolute atomic E-state index is 16.0. The van der Waals surface area contributed by atoms with Crippen LogP contribution in [0.1, 0.15) is 106 Å². The maximum atomic E-state index is 16.0. The number of benzene rings is 5. The summed E-state index contributed by atoms with van der Waals surface area (Å²) in [6, 6.07) is 22.2. The molecule has 0 aromatic heterocycles. The van der Waals surface area contributed by atoms with Crippen LogP contribution in [-0.4, -0.2) is 155 Å². The molecule has 0 saturated carbocycles. The number of hydrogen-bond donors (Lipinski definition) is 3. The van der Waals surface area contributed by atoms with Crippen molar-refractivity contribution in [1.82, 2.24) is 29.6 Å². The summed E-state index contributed by atoms with van der Waals surface area (Å²) in [5.41, 5.74) is -4.06. The number of imide groups is 2. The SMILES string of the molecule is [2H]C1([2H])N(CC[C@H](CSc2ccccc2)Nc2ccc(S(=O)(=O)NC(=O)c3ccc(N4CCN(CC5=C(c6ccc(Cl)cc6)CCC(C)(C)C5)CC4)cc3)cc2S(=O)(=O)C(F)(F)F)C([2H])([2H])C([2H])([2H])N(Cc2cc3c(cc2F)C(=O)N(C2CCC(=O)NC2=O)C3=O)C1([2H])[2H]. The van der Waals surface area contributed by atoms with Crippen molar-refractivity contribution in [2.75, 3.05) is 81.2 Å². The van der Waals surface area contributed by atoms with E-state index in [-0.39, 0.29) is 45.4 Å². The van der Waals surface area contributed by atoms with Gasteiger partial charge in [0.15, 0.2) is 0 Å². The van der Waals surface area contributed by atoms with Crippen LogP contribution in [0.25, 0.3) is 5.57 Å². The zero-order valence-electron chi connectivity index (χ0n) is 54.5. The number of piperazine rings is 2. The molecule has 5 amide bonds. The van der Waals surface area contributed by atoms with E-state index in [2.05, 4.69) is 41.1 Å². The second kappa shape index (κ2) is 25.6. The number of thioether (sulfide) groups is 1. The highest BCUT2D eigenvalue weighted by molar-refractivity contribution is 7.99. The third-order valence-corrected chi connectivity index (χ3v) is 19.8. The van der Waals surface area contributed by atoms with Gasteiger partial charge in [-0.3, -0.25) is 44.0 Å². The van der Waals surface area contributed by atoms with E-state index in [1.807, 2.05) is 17.4 Å². The lowest BCUT2D eigenvalue weighted by Crippen LogP contribution is -2.54. The molecule has 86 heavy (non-hydrogen) atoms. The second-order valence-electron chi connectivity index (χ2n) is 22.2. The van der Waals surface area contributed by atoms with E-state index in [0.29, 0.717) is 40.0 Å². The van der Waals surface area contributed by atoms with Crippen LogP contribution < -0.4 is 20.3 Å².